The lowest BCUT2D eigenvalue weighted by Crippen LogP contribution is -2.25. The van der Waals surface area contributed by atoms with Crippen LogP contribution in [-0.2, 0) is 6.54 Å². The summed E-state index contributed by atoms with van der Waals surface area (Å²) in [5, 5.41) is 14.7. The van der Waals surface area contributed by atoms with E-state index in [0.717, 1.165) is 12.8 Å². The number of benzene rings is 1. The van der Waals surface area contributed by atoms with E-state index in [9.17, 15) is 10.1 Å². The van der Waals surface area contributed by atoms with Crippen molar-refractivity contribution in [2.75, 3.05) is 0 Å². The van der Waals surface area contributed by atoms with Crippen LogP contribution in [0.3, 0.4) is 0 Å². The summed E-state index contributed by atoms with van der Waals surface area (Å²) in [6.45, 7) is 0.473. The summed E-state index contributed by atoms with van der Waals surface area (Å²) in [6.07, 6.45) is 4.78. The van der Waals surface area contributed by atoms with E-state index in [1.807, 2.05) is 0 Å². The van der Waals surface area contributed by atoms with Crippen LogP contribution in [0.15, 0.2) is 18.2 Å². The fourth-order valence-corrected chi connectivity index (χ4v) is 2.51. The Morgan fingerprint density at radius 2 is 2.12 bits per heavy atom. The molecule has 1 aromatic rings. The number of hydrogen-bond acceptors (Lipinski definition) is 3. The lowest BCUT2D eigenvalue weighted by molar-refractivity contribution is -0.385. The molecule has 1 aliphatic carbocycles. The fraction of sp³-hybridized carbons (Fsp3) is 0.500. The molecule has 0 amide bonds. The maximum absolute atomic E-state index is 10.9. The van der Waals surface area contributed by atoms with Gasteiger partial charge in [-0.25, -0.2) is 0 Å². The van der Waals surface area contributed by atoms with Crippen molar-refractivity contribution >= 4 is 17.3 Å². The highest BCUT2D eigenvalue weighted by molar-refractivity contribution is 6.31. The molecule has 1 fully saturated rings. The van der Waals surface area contributed by atoms with Gasteiger partial charge in [0.2, 0.25) is 0 Å². The second-order valence-electron chi connectivity index (χ2n) is 4.36. The molecule has 0 heterocycles. The Morgan fingerprint density at radius 1 is 1.41 bits per heavy atom. The highest BCUT2D eigenvalue weighted by Crippen LogP contribution is 2.27. The highest BCUT2D eigenvalue weighted by atomic mass is 35.5. The first kappa shape index (κ1) is 12.3. The SMILES string of the molecule is O=[N+]([O-])c1cccc(Cl)c1CNC1CCCC1. The van der Waals surface area contributed by atoms with E-state index in [-0.39, 0.29) is 10.6 Å². The van der Waals surface area contributed by atoms with Gasteiger partial charge in [-0.15, -0.1) is 0 Å². The predicted molar refractivity (Wildman–Crippen MR) is 67.2 cm³/mol. The van der Waals surface area contributed by atoms with E-state index in [0.29, 0.717) is 23.2 Å². The predicted octanol–water partition coefficient (Wildman–Crippen LogP) is 3.28. The van der Waals surface area contributed by atoms with E-state index in [1.165, 1.54) is 18.9 Å². The molecule has 0 aliphatic heterocycles. The molecule has 1 aromatic carbocycles. The molecule has 1 N–H and O–H groups in total. The Labute approximate surface area is 105 Å². The third-order valence-electron chi connectivity index (χ3n) is 3.21. The smallest absolute Gasteiger partial charge is 0.275 e. The van der Waals surface area contributed by atoms with Crippen LogP contribution in [-0.4, -0.2) is 11.0 Å². The van der Waals surface area contributed by atoms with Gasteiger partial charge in [0.1, 0.15) is 0 Å². The lowest BCUT2D eigenvalue weighted by Gasteiger charge is -2.12. The van der Waals surface area contributed by atoms with Gasteiger partial charge in [0.25, 0.3) is 5.69 Å². The van der Waals surface area contributed by atoms with E-state index in [4.69, 9.17) is 11.6 Å². The largest absolute Gasteiger partial charge is 0.310 e. The van der Waals surface area contributed by atoms with Crippen molar-refractivity contribution in [1.82, 2.24) is 5.32 Å². The van der Waals surface area contributed by atoms with Crippen LogP contribution in [0.25, 0.3) is 0 Å². The Kier molecular flexibility index (Phi) is 3.97. The molecule has 1 aliphatic rings. The summed E-state index contributed by atoms with van der Waals surface area (Å²) >= 11 is 6.01. The number of nitro groups is 1. The van der Waals surface area contributed by atoms with E-state index < -0.39 is 0 Å². The van der Waals surface area contributed by atoms with Gasteiger partial charge >= 0.3 is 0 Å². The molecule has 2 rings (SSSR count). The summed E-state index contributed by atoms with van der Waals surface area (Å²) in [7, 11) is 0. The van der Waals surface area contributed by atoms with Crippen molar-refractivity contribution in [1.29, 1.82) is 0 Å². The topological polar surface area (TPSA) is 55.2 Å². The molecule has 4 nitrogen and oxygen atoms in total. The van der Waals surface area contributed by atoms with Crippen LogP contribution in [0.4, 0.5) is 5.69 Å². The number of nitrogens with one attached hydrogen (secondary N) is 1. The lowest BCUT2D eigenvalue weighted by atomic mass is 10.1. The van der Waals surface area contributed by atoms with Crippen molar-refractivity contribution in [3.63, 3.8) is 0 Å². The third-order valence-corrected chi connectivity index (χ3v) is 3.57. The average molecular weight is 255 g/mol. The zero-order chi connectivity index (χ0) is 12.3. The van der Waals surface area contributed by atoms with Gasteiger partial charge in [0.15, 0.2) is 0 Å². The van der Waals surface area contributed by atoms with Crippen molar-refractivity contribution in [3.05, 3.63) is 38.9 Å². The van der Waals surface area contributed by atoms with Gasteiger partial charge in [-0.1, -0.05) is 30.5 Å². The van der Waals surface area contributed by atoms with Gasteiger partial charge < -0.3 is 5.32 Å². The quantitative estimate of drug-likeness (QED) is 0.663. The zero-order valence-corrected chi connectivity index (χ0v) is 10.2. The van der Waals surface area contributed by atoms with Gasteiger partial charge in [-0.3, -0.25) is 10.1 Å². The Balaban J connectivity index is 2.10. The Bertz CT molecular complexity index is 417. The molecule has 92 valence electrons. The molecule has 0 bridgehead atoms. The minimum absolute atomic E-state index is 0.1000. The van der Waals surface area contributed by atoms with Crippen molar-refractivity contribution in [3.8, 4) is 0 Å². The molecule has 0 unspecified atom stereocenters. The third kappa shape index (κ3) is 2.96. The molecular weight excluding hydrogens is 240 g/mol. The van der Waals surface area contributed by atoms with Crippen LogP contribution >= 0.6 is 11.6 Å². The number of hydrogen-bond donors (Lipinski definition) is 1. The van der Waals surface area contributed by atoms with Gasteiger partial charge in [-0.2, -0.15) is 0 Å². The summed E-state index contributed by atoms with van der Waals surface area (Å²) in [5.74, 6) is 0. The Hall–Kier alpha value is -1.13. The number of halogens is 1. The highest BCUT2D eigenvalue weighted by Gasteiger charge is 2.19. The maximum atomic E-state index is 10.9. The van der Waals surface area contributed by atoms with Crippen molar-refractivity contribution in [2.45, 2.75) is 38.3 Å². The molecule has 0 atom stereocenters. The van der Waals surface area contributed by atoms with Gasteiger partial charge in [-0.05, 0) is 18.9 Å². The maximum Gasteiger partial charge on any atom is 0.275 e. The minimum atomic E-state index is -0.377. The van der Waals surface area contributed by atoms with E-state index in [2.05, 4.69) is 5.32 Å². The van der Waals surface area contributed by atoms with Crippen molar-refractivity contribution in [2.24, 2.45) is 0 Å². The second-order valence-corrected chi connectivity index (χ2v) is 4.76. The first-order valence-corrected chi connectivity index (χ1v) is 6.21. The monoisotopic (exact) mass is 254 g/mol. The summed E-state index contributed by atoms with van der Waals surface area (Å²) < 4.78 is 0. The standard InChI is InChI=1S/C12H15ClN2O2/c13-11-6-3-7-12(15(16)17)10(11)8-14-9-4-1-2-5-9/h3,6-7,9,14H,1-2,4-5,8H2. The molecule has 5 heteroatoms. The van der Waals surface area contributed by atoms with Crippen LogP contribution in [0.5, 0.6) is 0 Å². The van der Waals surface area contributed by atoms with Gasteiger partial charge in [0.05, 0.1) is 15.5 Å². The van der Waals surface area contributed by atoms with Crippen LogP contribution in [0.2, 0.25) is 5.02 Å². The first-order valence-electron chi connectivity index (χ1n) is 5.83. The Morgan fingerprint density at radius 3 is 2.76 bits per heavy atom. The van der Waals surface area contributed by atoms with Crippen LogP contribution in [0.1, 0.15) is 31.2 Å². The normalized spacial score (nSPS) is 16.3. The second kappa shape index (κ2) is 5.47. The molecule has 0 spiro atoms. The molecular formula is C12H15ClN2O2. The van der Waals surface area contributed by atoms with Gasteiger partial charge in [0, 0.05) is 18.7 Å². The average Bonchev–Trinajstić information content (AvgIpc) is 2.80. The summed E-state index contributed by atoms with van der Waals surface area (Å²) in [4.78, 5) is 10.5. The molecule has 17 heavy (non-hydrogen) atoms. The fourth-order valence-electron chi connectivity index (χ4n) is 2.27. The summed E-state index contributed by atoms with van der Waals surface area (Å²) in [6, 6.07) is 5.28. The molecule has 1 saturated carbocycles. The first-order chi connectivity index (χ1) is 8.18. The van der Waals surface area contributed by atoms with Crippen LogP contribution in [0, 0.1) is 10.1 Å². The van der Waals surface area contributed by atoms with Crippen molar-refractivity contribution < 1.29 is 4.92 Å². The van der Waals surface area contributed by atoms with E-state index in [1.54, 1.807) is 12.1 Å². The van der Waals surface area contributed by atoms with E-state index >= 15 is 0 Å². The number of nitro benzene ring substituents is 1. The molecule has 0 saturated heterocycles. The minimum Gasteiger partial charge on any atom is -0.310 e. The number of nitrogens with zero attached hydrogens (tertiary/aromatic N) is 1. The molecule has 0 aromatic heterocycles. The molecule has 0 radical (unpaired) electrons. The zero-order valence-electron chi connectivity index (χ0n) is 9.49. The summed E-state index contributed by atoms with van der Waals surface area (Å²) in [5.41, 5.74) is 0.689. The van der Waals surface area contributed by atoms with Crippen LogP contribution < -0.4 is 5.32 Å². The number of rotatable bonds is 4.